The number of carboxylic acid groups (broad SMARTS) is 1. The number of nitrogens with two attached hydrogens (primary N) is 2. The zero-order valence-electron chi connectivity index (χ0n) is 18.9. The number of pyridine rings is 1. The summed E-state index contributed by atoms with van der Waals surface area (Å²) in [6.07, 6.45) is 3.35. The molecule has 3 atom stereocenters. The van der Waals surface area contributed by atoms with Gasteiger partial charge in [-0.1, -0.05) is 34.7 Å². The fourth-order valence-corrected chi connectivity index (χ4v) is 8.10. The number of halogens is 1. The van der Waals surface area contributed by atoms with E-state index in [1.807, 2.05) is 11.5 Å². The highest BCUT2D eigenvalue weighted by Gasteiger charge is 2.54. The van der Waals surface area contributed by atoms with Crippen LogP contribution in [0.25, 0.3) is 0 Å². The van der Waals surface area contributed by atoms with Gasteiger partial charge in [0, 0.05) is 46.0 Å². The number of hydrogen-bond acceptors (Lipinski definition) is 13. The predicted octanol–water partition coefficient (Wildman–Crippen LogP) is 1.47. The molecule has 0 aliphatic carbocycles. The van der Waals surface area contributed by atoms with E-state index in [-0.39, 0.29) is 20.9 Å². The summed E-state index contributed by atoms with van der Waals surface area (Å²) in [5.41, 5.74) is 13.9. The molecule has 4 heterocycles. The first kappa shape index (κ1) is 28.0. The molecule has 2 amide bonds. The number of nitrogens with zero attached hydrogens (tertiary/aromatic N) is 3. The van der Waals surface area contributed by atoms with E-state index in [0.717, 1.165) is 27.5 Å². The average molecular weight is 604 g/mol. The normalized spacial score (nSPS) is 19.9. The standard InChI is InChI=1S/C20H22ClN7O5S4/c21-15-11(26-20(23)37-15)12(27-33)16(29)25-13-17(30)28-14(19(31)32)10(7-35-18(13)28)36-9-5-24-3-1-8(9)6-34-4-2-22/h1,3,5,12-13,18,27,33H,2,4,6-7,22H2,(H2,23,26)(H,25,29)(H,31,32)/t12?,13-,18+/m1/s1. The molecule has 0 bridgehead atoms. The minimum Gasteiger partial charge on any atom is -0.477 e. The molecule has 8 N–H and O–H groups in total. The molecule has 4 rings (SSSR count). The lowest BCUT2D eigenvalue weighted by molar-refractivity contribution is -0.151. The Morgan fingerprint density at radius 3 is 2.84 bits per heavy atom. The van der Waals surface area contributed by atoms with Crippen LogP contribution in [-0.4, -0.2) is 72.4 Å². The number of aromatic nitrogens is 2. The number of fused-ring (bicyclic) bond motifs is 1. The molecular formula is C20H22ClN7O5S4. The van der Waals surface area contributed by atoms with Gasteiger partial charge in [-0.3, -0.25) is 19.5 Å². The number of amides is 2. The largest absolute Gasteiger partial charge is 0.477 e. The zero-order valence-corrected chi connectivity index (χ0v) is 22.9. The van der Waals surface area contributed by atoms with Crippen LogP contribution in [0.2, 0.25) is 4.34 Å². The fraction of sp³-hybridized carbons (Fsp3) is 0.350. The maximum absolute atomic E-state index is 13.0. The van der Waals surface area contributed by atoms with Crippen molar-refractivity contribution in [2.75, 3.05) is 23.8 Å². The molecule has 12 nitrogen and oxygen atoms in total. The summed E-state index contributed by atoms with van der Waals surface area (Å²) in [5, 5.41) is 21.5. The summed E-state index contributed by atoms with van der Waals surface area (Å²) >= 11 is 11.2. The summed E-state index contributed by atoms with van der Waals surface area (Å²) in [4.78, 5) is 48.7. The van der Waals surface area contributed by atoms with Crippen LogP contribution in [0.3, 0.4) is 0 Å². The van der Waals surface area contributed by atoms with Gasteiger partial charge in [0.1, 0.15) is 27.1 Å². The number of hydrogen-bond donors (Lipinski definition) is 6. The Hall–Kier alpha value is -2.05. The molecule has 198 valence electrons. The Labute approximate surface area is 232 Å². The number of thioether (sulfide) groups is 3. The molecule has 0 saturated carbocycles. The zero-order chi connectivity index (χ0) is 26.7. The second-order valence-corrected chi connectivity index (χ2v) is 12.7. The van der Waals surface area contributed by atoms with Gasteiger partial charge >= 0.3 is 5.97 Å². The van der Waals surface area contributed by atoms with Crippen molar-refractivity contribution in [3.63, 3.8) is 0 Å². The van der Waals surface area contributed by atoms with Gasteiger partial charge in [0.25, 0.3) is 5.91 Å². The minimum atomic E-state index is -1.36. The van der Waals surface area contributed by atoms with Crippen molar-refractivity contribution < 1.29 is 24.7 Å². The topological polar surface area (TPSA) is 197 Å². The monoisotopic (exact) mass is 603 g/mol. The minimum absolute atomic E-state index is 0.0193. The van der Waals surface area contributed by atoms with Crippen molar-refractivity contribution in [3.8, 4) is 0 Å². The van der Waals surface area contributed by atoms with E-state index in [9.17, 15) is 24.7 Å². The van der Waals surface area contributed by atoms with Crippen LogP contribution in [0.4, 0.5) is 5.13 Å². The van der Waals surface area contributed by atoms with Crippen LogP contribution < -0.4 is 22.3 Å². The van der Waals surface area contributed by atoms with Crippen molar-refractivity contribution >= 4 is 81.1 Å². The highest BCUT2D eigenvalue weighted by atomic mass is 35.5. The maximum atomic E-state index is 13.0. The lowest BCUT2D eigenvalue weighted by Crippen LogP contribution is -2.71. The number of thiazole rings is 1. The molecule has 2 aromatic heterocycles. The summed E-state index contributed by atoms with van der Waals surface area (Å²) < 4.78 is 0.113. The van der Waals surface area contributed by atoms with E-state index < -0.39 is 35.2 Å². The van der Waals surface area contributed by atoms with Crippen molar-refractivity contribution in [3.05, 3.63) is 44.7 Å². The Morgan fingerprint density at radius 2 is 2.19 bits per heavy atom. The van der Waals surface area contributed by atoms with Crippen LogP contribution in [0.5, 0.6) is 0 Å². The second kappa shape index (κ2) is 12.2. The average Bonchev–Trinajstić information content (AvgIpc) is 3.20. The van der Waals surface area contributed by atoms with Gasteiger partial charge < -0.3 is 27.1 Å². The van der Waals surface area contributed by atoms with Crippen molar-refractivity contribution in [1.82, 2.24) is 25.7 Å². The highest BCUT2D eigenvalue weighted by molar-refractivity contribution is 8.06. The van der Waals surface area contributed by atoms with Crippen LogP contribution in [-0.2, 0) is 20.1 Å². The first-order chi connectivity index (χ1) is 17.8. The van der Waals surface area contributed by atoms with Gasteiger partial charge in [-0.2, -0.15) is 17.2 Å². The number of aliphatic carboxylic acids is 1. The molecule has 2 aliphatic heterocycles. The highest BCUT2D eigenvalue weighted by Crippen LogP contribution is 2.46. The number of nitrogen functional groups attached to an aromatic ring is 1. The van der Waals surface area contributed by atoms with E-state index in [1.165, 1.54) is 28.4 Å². The number of carboxylic acids is 1. The van der Waals surface area contributed by atoms with Crippen LogP contribution >= 0.6 is 58.2 Å². The number of β-lactam (4-membered cyclic amide) rings is 1. The van der Waals surface area contributed by atoms with Gasteiger partial charge in [0.05, 0.1) is 0 Å². The third-order valence-electron chi connectivity index (χ3n) is 5.35. The molecule has 37 heavy (non-hydrogen) atoms. The SMILES string of the molecule is NCCSCc1ccncc1SC1=C(C(=O)O)N2C(=O)[C@@H](NC(=O)C(NO)c3nc(N)sc3Cl)[C@@H]2SC1. The summed E-state index contributed by atoms with van der Waals surface area (Å²) in [7, 11) is 0. The Kier molecular flexibility index (Phi) is 9.23. The van der Waals surface area contributed by atoms with Gasteiger partial charge in [-0.05, 0) is 11.6 Å². The van der Waals surface area contributed by atoms with Crippen molar-refractivity contribution in [2.45, 2.75) is 28.1 Å². The third kappa shape index (κ3) is 5.85. The quantitative estimate of drug-likeness (QED) is 0.123. The Bertz CT molecular complexity index is 1250. The fourth-order valence-electron chi connectivity index (χ4n) is 3.68. The van der Waals surface area contributed by atoms with E-state index >= 15 is 0 Å². The Morgan fingerprint density at radius 1 is 1.41 bits per heavy atom. The molecule has 2 aliphatic rings. The first-order valence-corrected chi connectivity index (χ1v) is 14.9. The van der Waals surface area contributed by atoms with E-state index in [1.54, 1.807) is 24.2 Å². The maximum Gasteiger partial charge on any atom is 0.353 e. The number of rotatable bonds is 11. The Balaban J connectivity index is 1.51. The summed E-state index contributed by atoms with van der Waals surface area (Å²) in [5.74, 6) is -0.784. The second-order valence-electron chi connectivity index (χ2n) is 7.67. The molecule has 1 fully saturated rings. The van der Waals surface area contributed by atoms with E-state index in [0.29, 0.717) is 23.0 Å². The number of carbonyl (C=O) groups excluding carboxylic acids is 2. The third-order valence-corrected chi connectivity index (χ3v) is 10.1. The molecule has 0 aromatic carbocycles. The number of hydroxylamine groups is 1. The van der Waals surface area contributed by atoms with Crippen LogP contribution in [0.1, 0.15) is 17.3 Å². The van der Waals surface area contributed by atoms with Gasteiger partial charge in [0.15, 0.2) is 11.2 Å². The van der Waals surface area contributed by atoms with E-state index in [4.69, 9.17) is 23.1 Å². The lowest BCUT2D eigenvalue weighted by Gasteiger charge is -2.49. The number of anilines is 1. The summed E-state index contributed by atoms with van der Waals surface area (Å²) in [6.45, 7) is 0.555. The number of carbonyl (C=O) groups is 3. The first-order valence-electron chi connectivity index (χ1n) is 10.7. The molecule has 17 heteroatoms. The molecule has 0 spiro atoms. The molecule has 1 saturated heterocycles. The summed E-state index contributed by atoms with van der Waals surface area (Å²) in [6, 6.07) is -0.483. The van der Waals surface area contributed by atoms with Gasteiger partial charge in [-0.15, -0.1) is 11.8 Å². The molecule has 2 aromatic rings. The lowest BCUT2D eigenvalue weighted by atomic mass is 10.0. The predicted molar refractivity (Wildman–Crippen MR) is 144 cm³/mol. The number of nitrogens with one attached hydrogen (secondary N) is 2. The molecule has 1 unspecified atom stereocenters. The molecular weight excluding hydrogens is 582 g/mol. The smallest absolute Gasteiger partial charge is 0.353 e. The van der Waals surface area contributed by atoms with Gasteiger partial charge in [0.2, 0.25) is 5.91 Å². The van der Waals surface area contributed by atoms with E-state index in [2.05, 4.69) is 15.3 Å². The van der Waals surface area contributed by atoms with Crippen LogP contribution in [0, 0.1) is 0 Å². The van der Waals surface area contributed by atoms with Crippen molar-refractivity contribution in [2.24, 2.45) is 5.73 Å². The molecule has 0 radical (unpaired) electrons. The van der Waals surface area contributed by atoms with Gasteiger partial charge in [-0.25, -0.2) is 9.78 Å². The van der Waals surface area contributed by atoms with Crippen molar-refractivity contribution in [1.29, 1.82) is 0 Å². The van der Waals surface area contributed by atoms with Crippen LogP contribution in [0.15, 0.2) is 34.0 Å².